The highest BCUT2D eigenvalue weighted by Gasteiger charge is 2.20. The molecule has 4 heteroatoms. The fraction of sp³-hybridized carbons (Fsp3) is 0.188. The first-order chi connectivity index (χ1) is 9.70. The number of halogens is 1. The molecule has 2 rings (SSSR count). The van der Waals surface area contributed by atoms with E-state index in [-0.39, 0.29) is 5.78 Å². The first-order valence-corrected chi connectivity index (χ1v) is 6.66. The minimum absolute atomic E-state index is 0.119. The highest BCUT2D eigenvalue weighted by molar-refractivity contribution is 6.30. The molecule has 100 valence electrons. The molecule has 1 aromatic carbocycles. The van der Waals surface area contributed by atoms with Crippen molar-refractivity contribution >= 4 is 17.4 Å². The van der Waals surface area contributed by atoms with Crippen LogP contribution in [0.1, 0.15) is 23.6 Å². The molecule has 0 N–H and O–H groups in total. The van der Waals surface area contributed by atoms with Crippen LogP contribution in [0.15, 0.2) is 48.7 Å². The Bertz CT molecular complexity index is 634. The maximum atomic E-state index is 12.1. The summed E-state index contributed by atoms with van der Waals surface area (Å²) < 4.78 is 0. The van der Waals surface area contributed by atoms with Crippen molar-refractivity contribution < 1.29 is 4.79 Å². The Morgan fingerprint density at radius 2 is 2.15 bits per heavy atom. The Morgan fingerprint density at radius 3 is 2.80 bits per heavy atom. The molecule has 20 heavy (non-hydrogen) atoms. The molecule has 2 aromatic rings. The van der Waals surface area contributed by atoms with E-state index < -0.39 is 5.92 Å². The Balaban J connectivity index is 2.02. The average Bonchev–Trinajstić information content (AvgIpc) is 2.47. The largest absolute Gasteiger partial charge is 0.298 e. The van der Waals surface area contributed by atoms with Gasteiger partial charge in [-0.1, -0.05) is 29.8 Å². The summed E-state index contributed by atoms with van der Waals surface area (Å²) in [5.74, 6) is -0.915. The standard InChI is InChI=1S/C16H13ClN2O/c17-13-5-3-4-12(10-13)7-8-16(20)14(11-18)15-6-1-2-9-19-15/h1-6,9-10,14H,7-8H2/t14-/m1/s1. The molecule has 1 heterocycles. The topological polar surface area (TPSA) is 53.8 Å². The van der Waals surface area contributed by atoms with Gasteiger partial charge >= 0.3 is 0 Å². The minimum Gasteiger partial charge on any atom is -0.298 e. The molecule has 0 unspecified atom stereocenters. The van der Waals surface area contributed by atoms with Gasteiger partial charge in [-0.2, -0.15) is 5.26 Å². The van der Waals surface area contributed by atoms with Crippen molar-refractivity contribution in [2.75, 3.05) is 0 Å². The van der Waals surface area contributed by atoms with Gasteiger partial charge in [0.2, 0.25) is 0 Å². The number of rotatable bonds is 5. The van der Waals surface area contributed by atoms with E-state index in [0.29, 0.717) is 23.6 Å². The van der Waals surface area contributed by atoms with E-state index in [0.717, 1.165) is 5.56 Å². The second-order valence-corrected chi connectivity index (χ2v) is 4.85. The van der Waals surface area contributed by atoms with Crippen LogP contribution in [0, 0.1) is 11.3 Å². The van der Waals surface area contributed by atoms with E-state index >= 15 is 0 Å². The molecule has 0 spiro atoms. The van der Waals surface area contributed by atoms with Crippen LogP contribution in [0.25, 0.3) is 0 Å². The van der Waals surface area contributed by atoms with E-state index in [1.54, 1.807) is 30.5 Å². The molecule has 1 atom stereocenters. The van der Waals surface area contributed by atoms with E-state index in [4.69, 9.17) is 16.9 Å². The molecule has 0 radical (unpaired) electrons. The van der Waals surface area contributed by atoms with E-state index in [9.17, 15) is 4.79 Å². The van der Waals surface area contributed by atoms with Crippen LogP contribution >= 0.6 is 11.6 Å². The van der Waals surface area contributed by atoms with Crippen molar-refractivity contribution in [2.45, 2.75) is 18.8 Å². The summed E-state index contributed by atoms with van der Waals surface area (Å²) in [7, 11) is 0. The molecule has 1 aromatic heterocycles. The fourth-order valence-corrected chi connectivity index (χ4v) is 2.17. The molecule has 0 fully saturated rings. The van der Waals surface area contributed by atoms with Crippen LogP contribution < -0.4 is 0 Å². The Kier molecular flexibility index (Phi) is 4.86. The molecule has 0 aliphatic rings. The van der Waals surface area contributed by atoms with Crippen LogP contribution in [0.2, 0.25) is 5.02 Å². The van der Waals surface area contributed by atoms with Crippen LogP contribution in [0.4, 0.5) is 0 Å². The van der Waals surface area contributed by atoms with Gasteiger partial charge in [0.15, 0.2) is 5.78 Å². The number of hydrogen-bond donors (Lipinski definition) is 0. The summed E-state index contributed by atoms with van der Waals surface area (Å²) in [5.41, 5.74) is 1.50. The van der Waals surface area contributed by atoms with Crippen molar-refractivity contribution in [2.24, 2.45) is 0 Å². The third-order valence-electron chi connectivity index (χ3n) is 2.98. The Hall–Kier alpha value is -2.18. The van der Waals surface area contributed by atoms with E-state index in [1.807, 2.05) is 24.3 Å². The second-order valence-electron chi connectivity index (χ2n) is 4.41. The lowest BCUT2D eigenvalue weighted by Gasteiger charge is -2.07. The van der Waals surface area contributed by atoms with Crippen LogP contribution in [0.5, 0.6) is 0 Å². The van der Waals surface area contributed by atoms with Gasteiger partial charge in [-0.3, -0.25) is 9.78 Å². The SMILES string of the molecule is N#C[C@@H](C(=O)CCc1cccc(Cl)c1)c1ccccn1. The first-order valence-electron chi connectivity index (χ1n) is 6.28. The number of nitriles is 1. The predicted molar refractivity (Wildman–Crippen MR) is 77.4 cm³/mol. The van der Waals surface area contributed by atoms with Crippen LogP contribution in [-0.4, -0.2) is 10.8 Å². The molecule has 3 nitrogen and oxygen atoms in total. The van der Waals surface area contributed by atoms with Gasteiger partial charge in [-0.05, 0) is 36.2 Å². The minimum atomic E-state index is -0.796. The van der Waals surface area contributed by atoms with Crippen molar-refractivity contribution in [3.05, 3.63) is 64.9 Å². The molecule has 0 saturated heterocycles. The summed E-state index contributed by atoms with van der Waals surface area (Å²) >= 11 is 5.90. The average molecular weight is 285 g/mol. The number of hydrogen-bond acceptors (Lipinski definition) is 3. The first kappa shape index (κ1) is 14.2. The number of Topliss-reactive ketones (excluding diaryl/α,β-unsaturated/α-hetero) is 1. The monoisotopic (exact) mass is 284 g/mol. The van der Waals surface area contributed by atoms with Gasteiger partial charge in [0.1, 0.15) is 5.92 Å². The molecule has 0 bridgehead atoms. The number of pyridine rings is 1. The number of aryl methyl sites for hydroxylation is 1. The number of carbonyl (C=O) groups excluding carboxylic acids is 1. The van der Waals surface area contributed by atoms with Gasteiger partial charge in [0.05, 0.1) is 11.8 Å². The Morgan fingerprint density at radius 1 is 1.30 bits per heavy atom. The maximum Gasteiger partial charge on any atom is 0.156 e. The summed E-state index contributed by atoms with van der Waals surface area (Å²) in [6.45, 7) is 0. The van der Waals surface area contributed by atoms with E-state index in [2.05, 4.69) is 4.98 Å². The summed E-state index contributed by atoms with van der Waals surface area (Å²) in [4.78, 5) is 16.2. The van der Waals surface area contributed by atoms with Crippen LogP contribution in [-0.2, 0) is 11.2 Å². The van der Waals surface area contributed by atoms with Crippen LogP contribution in [0.3, 0.4) is 0 Å². The molecule has 0 amide bonds. The fourth-order valence-electron chi connectivity index (χ4n) is 1.95. The van der Waals surface area contributed by atoms with Crippen molar-refractivity contribution in [1.29, 1.82) is 5.26 Å². The molecular weight excluding hydrogens is 272 g/mol. The van der Waals surface area contributed by atoms with Crippen molar-refractivity contribution in [3.63, 3.8) is 0 Å². The molecular formula is C16H13ClN2O. The third-order valence-corrected chi connectivity index (χ3v) is 3.22. The second kappa shape index (κ2) is 6.83. The smallest absolute Gasteiger partial charge is 0.156 e. The number of aromatic nitrogens is 1. The van der Waals surface area contributed by atoms with Gasteiger partial charge in [0.25, 0.3) is 0 Å². The molecule has 0 aliphatic heterocycles. The summed E-state index contributed by atoms with van der Waals surface area (Å²) in [5, 5.41) is 9.81. The number of nitrogens with zero attached hydrogens (tertiary/aromatic N) is 2. The quantitative estimate of drug-likeness (QED) is 0.844. The van der Waals surface area contributed by atoms with Crippen molar-refractivity contribution in [1.82, 2.24) is 4.98 Å². The van der Waals surface area contributed by atoms with Gasteiger partial charge in [-0.15, -0.1) is 0 Å². The summed E-state index contributed by atoms with van der Waals surface area (Å²) in [6, 6.07) is 14.6. The lowest BCUT2D eigenvalue weighted by Crippen LogP contribution is -2.13. The third kappa shape index (κ3) is 3.66. The van der Waals surface area contributed by atoms with Gasteiger partial charge in [0, 0.05) is 17.6 Å². The zero-order valence-electron chi connectivity index (χ0n) is 10.8. The van der Waals surface area contributed by atoms with Gasteiger partial charge < -0.3 is 0 Å². The predicted octanol–water partition coefficient (Wildman–Crippen LogP) is 3.54. The highest BCUT2D eigenvalue weighted by atomic mass is 35.5. The lowest BCUT2D eigenvalue weighted by atomic mass is 9.96. The number of ketones is 1. The normalized spacial score (nSPS) is 11.6. The lowest BCUT2D eigenvalue weighted by molar-refractivity contribution is -0.119. The zero-order valence-corrected chi connectivity index (χ0v) is 11.5. The van der Waals surface area contributed by atoms with E-state index in [1.165, 1.54) is 0 Å². The summed E-state index contributed by atoms with van der Waals surface area (Å²) in [6.07, 6.45) is 2.46. The van der Waals surface area contributed by atoms with Crippen molar-refractivity contribution in [3.8, 4) is 6.07 Å². The molecule has 0 aliphatic carbocycles. The Labute approximate surface area is 122 Å². The number of carbonyl (C=O) groups is 1. The highest BCUT2D eigenvalue weighted by Crippen LogP contribution is 2.18. The molecule has 0 saturated carbocycles. The maximum absolute atomic E-state index is 12.1. The number of benzene rings is 1. The van der Waals surface area contributed by atoms with Gasteiger partial charge in [-0.25, -0.2) is 0 Å². The zero-order chi connectivity index (χ0) is 14.4.